The van der Waals surface area contributed by atoms with E-state index in [1.165, 1.54) is 6.07 Å². The fraction of sp³-hybridized carbons (Fsp3) is 0.0667. The fourth-order valence-electron chi connectivity index (χ4n) is 1.79. The van der Waals surface area contributed by atoms with E-state index in [9.17, 15) is 15.2 Å². The summed E-state index contributed by atoms with van der Waals surface area (Å²) in [6, 6.07) is 12.0. The maximum absolute atomic E-state index is 9.41. The highest BCUT2D eigenvalue weighted by Gasteiger charge is 2.04. The number of aromatic hydroxyl groups is 2. The second-order valence-corrected chi connectivity index (χ2v) is 4.46. The van der Waals surface area contributed by atoms with Crippen molar-refractivity contribution in [3.05, 3.63) is 53.6 Å². The molecule has 0 unspecified atom stereocenters. The van der Waals surface area contributed by atoms with Gasteiger partial charge in [-0.2, -0.15) is 0 Å². The normalized spacial score (nSPS) is 10.8. The van der Waals surface area contributed by atoms with Crippen molar-refractivity contribution in [2.75, 3.05) is 0 Å². The molecule has 2 aromatic rings. The van der Waals surface area contributed by atoms with Gasteiger partial charge in [0.05, 0.1) is 0 Å². The zero-order valence-electron chi connectivity index (χ0n) is 10.6. The molecule has 2 aromatic carbocycles. The second-order valence-electron chi connectivity index (χ2n) is 4.46. The summed E-state index contributed by atoms with van der Waals surface area (Å²) in [6.07, 6.45) is 3.68. The maximum Gasteiger partial charge on any atom is 0.320 e. The SMILES string of the molecule is CB(O)c1ccc(/C=C/c2cc(O)cc(O)c2)cc1. The molecular formula is C15H15BO3. The number of phenols is 2. The number of rotatable bonds is 3. The van der Waals surface area contributed by atoms with Gasteiger partial charge < -0.3 is 15.2 Å². The predicted molar refractivity (Wildman–Crippen MR) is 78.6 cm³/mol. The lowest BCUT2D eigenvalue weighted by Crippen LogP contribution is -2.25. The zero-order valence-corrected chi connectivity index (χ0v) is 10.6. The van der Waals surface area contributed by atoms with Gasteiger partial charge in [-0.15, -0.1) is 0 Å². The average molecular weight is 254 g/mol. The molecule has 4 heteroatoms. The number of phenolic OH excluding ortho intramolecular Hbond substituents is 2. The summed E-state index contributed by atoms with van der Waals surface area (Å²) in [5.74, 6) is 0.0632. The minimum atomic E-state index is -0.471. The van der Waals surface area contributed by atoms with Crippen molar-refractivity contribution in [1.82, 2.24) is 0 Å². The van der Waals surface area contributed by atoms with Gasteiger partial charge in [0, 0.05) is 6.07 Å². The summed E-state index contributed by atoms with van der Waals surface area (Å²) >= 11 is 0. The zero-order chi connectivity index (χ0) is 13.8. The lowest BCUT2D eigenvalue weighted by atomic mass is 9.64. The Labute approximate surface area is 112 Å². The molecule has 0 bridgehead atoms. The van der Waals surface area contributed by atoms with Crippen molar-refractivity contribution in [1.29, 1.82) is 0 Å². The Balaban J connectivity index is 2.17. The number of benzene rings is 2. The molecule has 0 fully saturated rings. The summed E-state index contributed by atoms with van der Waals surface area (Å²) < 4.78 is 0. The Morgan fingerprint density at radius 3 is 1.89 bits per heavy atom. The molecule has 0 atom stereocenters. The van der Waals surface area contributed by atoms with Crippen LogP contribution in [0.1, 0.15) is 11.1 Å². The van der Waals surface area contributed by atoms with Crippen molar-refractivity contribution in [3.63, 3.8) is 0 Å². The Morgan fingerprint density at radius 1 is 0.842 bits per heavy atom. The highest BCUT2D eigenvalue weighted by molar-refractivity contribution is 6.64. The van der Waals surface area contributed by atoms with Crippen LogP contribution in [0.15, 0.2) is 42.5 Å². The van der Waals surface area contributed by atoms with E-state index < -0.39 is 6.92 Å². The molecule has 0 radical (unpaired) electrons. The summed E-state index contributed by atoms with van der Waals surface area (Å²) in [7, 11) is 0. The van der Waals surface area contributed by atoms with Crippen molar-refractivity contribution >= 4 is 24.5 Å². The Bertz CT molecular complexity index is 569. The molecule has 0 aliphatic carbocycles. The molecule has 19 heavy (non-hydrogen) atoms. The topological polar surface area (TPSA) is 60.7 Å². The van der Waals surface area contributed by atoms with Crippen LogP contribution in [0, 0.1) is 0 Å². The first-order chi connectivity index (χ1) is 9.04. The molecule has 0 aliphatic heterocycles. The molecule has 0 saturated heterocycles. The smallest absolute Gasteiger partial charge is 0.320 e. The third-order valence-corrected chi connectivity index (χ3v) is 2.81. The minimum Gasteiger partial charge on any atom is -0.508 e. The highest BCUT2D eigenvalue weighted by atomic mass is 16.3. The molecule has 0 aromatic heterocycles. The number of hydrogen-bond donors (Lipinski definition) is 3. The Morgan fingerprint density at radius 2 is 1.37 bits per heavy atom. The van der Waals surface area contributed by atoms with E-state index in [2.05, 4.69) is 0 Å². The first kappa shape index (κ1) is 13.2. The average Bonchev–Trinajstić information content (AvgIpc) is 2.36. The summed E-state index contributed by atoms with van der Waals surface area (Å²) in [5, 5.41) is 28.1. The van der Waals surface area contributed by atoms with Gasteiger partial charge in [-0.3, -0.25) is 0 Å². The standard InChI is InChI=1S/C15H15BO3/c1-16(19)13-6-4-11(5-7-13)2-3-12-8-14(17)10-15(18)9-12/h2-10,17-19H,1H3/b3-2+. The van der Waals surface area contributed by atoms with Gasteiger partial charge in [0.2, 0.25) is 0 Å². The summed E-state index contributed by atoms with van der Waals surface area (Å²) in [6.45, 7) is 1.25. The second kappa shape index (κ2) is 5.63. The van der Waals surface area contributed by atoms with Crippen LogP contribution in [-0.2, 0) is 0 Å². The lowest BCUT2D eigenvalue weighted by molar-refractivity contribution is 0.450. The largest absolute Gasteiger partial charge is 0.508 e. The van der Waals surface area contributed by atoms with E-state index >= 15 is 0 Å². The summed E-state index contributed by atoms with van der Waals surface area (Å²) in [4.78, 5) is 0. The van der Waals surface area contributed by atoms with Gasteiger partial charge in [-0.05, 0) is 28.7 Å². The van der Waals surface area contributed by atoms with Crippen molar-refractivity contribution < 1.29 is 15.2 Å². The van der Waals surface area contributed by atoms with Crippen LogP contribution in [0.2, 0.25) is 6.82 Å². The van der Waals surface area contributed by atoms with Crippen LogP contribution in [0.4, 0.5) is 0 Å². The Kier molecular flexibility index (Phi) is 3.92. The van der Waals surface area contributed by atoms with Crippen LogP contribution in [0.5, 0.6) is 11.5 Å². The monoisotopic (exact) mass is 254 g/mol. The third kappa shape index (κ3) is 3.63. The van der Waals surface area contributed by atoms with Gasteiger partial charge in [0.1, 0.15) is 11.5 Å². The van der Waals surface area contributed by atoms with Crippen LogP contribution in [0.3, 0.4) is 0 Å². The van der Waals surface area contributed by atoms with Gasteiger partial charge in [-0.25, -0.2) is 0 Å². The molecule has 0 amide bonds. The molecule has 96 valence electrons. The predicted octanol–water partition coefficient (Wildman–Crippen LogP) is 2.09. The fourth-order valence-corrected chi connectivity index (χ4v) is 1.79. The van der Waals surface area contributed by atoms with Crippen LogP contribution < -0.4 is 5.46 Å². The molecule has 0 saturated carbocycles. The van der Waals surface area contributed by atoms with Gasteiger partial charge in [-0.1, -0.05) is 43.2 Å². The Hall–Kier alpha value is -2.20. The van der Waals surface area contributed by atoms with Gasteiger partial charge in [0.25, 0.3) is 0 Å². The molecule has 0 spiro atoms. The lowest BCUT2D eigenvalue weighted by Gasteiger charge is -2.01. The first-order valence-electron chi connectivity index (χ1n) is 6.04. The quantitative estimate of drug-likeness (QED) is 0.580. The van der Waals surface area contributed by atoms with E-state index in [-0.39, 0.29) is 11.5 Å². The van der Waals surface area contributed by atoms with E-state index in [0.29, 0.717) is 0 Å². The van der Waals surface area contributed by atoms with E-state index in [4.69, 9.17) is 0 Å². The van der Waals surface area contributed by atoms with Gasteiger partial charge in [0.15, 0.2) is 0 Å². The van der Waals surface area contributed by atoms with Crippen molar-refractivity contribution in [3.8, 4) is 11.5 Å². The number of hydrogen-bond acceptors (Lipinski definition) is 3. The molecule has 3 N–H and O–H groups in total. The molecule has 0 aliphatic rings. The molecular weight excluding hydrogens is 239 g/mol. The van der Waals surface area contributed by atoms with E-state index in [0.717, 1.165) is 16.6 Å². The van der Waals surface area contributed by atoms with E-state index in [1.807, 2.05) is 30.3 Å². The highest BCUT2D eigenvalue weighted by Crippen LogP contribution is 2.21. The minimum absolute atomic E-state index is 0.0316. The maximum atomic E-state index is 9.41. The van der Waals surface area contributed by atoms with Gasteiger partial charge >= 0.3 is 6.92 Å². The van der Waals surface area contributed by atoms with Crippen LogP contribution >= 0.6 is 0 Å². The van der Waals surface area contributed by atoms with Crippen LogP contribution in [0.25, 0.3) is 12.2 Å². The molecule has 0 heterocycles. The van der Waals surface area contributed by atoms with Crippen molar-refractivity contribution in [2.45, 2.75) is 6.82 Å². The van der Waals surface area contributed by atoms with E-state index in [1.54, 1.807) is 25.0 Å². The van der Waals surface area contributed by atoms with Crippen LogP contribution in [-0.4, -0.2) is 22.2 Å². The molecule has 3 nitrogen and oxygen atoms in total. The molecule has 2 rings (SSSR count). The summed E-state index contributed by atoms with van der Waals surface area (Å²) in [5.41, 5.74) is 2.57. The van der Waals surface area contributed by atoms with Crippen molar-refractivity contribution in [2.24, 2.45) is 0 Å². The first-order valence-corrected chi connectivity index (χ1v) is 6.04. The third-order valence-electron chi connectivity index (χ3n) is 2.81.